The first-order valence-corrected chi connectivity index (χ1v) is 7.38. The summed E-state index contributed by atoms with van der Waals surface area (Å²) in [5.41, 5.74) is 8.53. The molecular formula is C15H20BrN3. The molecule has 0 fully saturated rings. The van der Waals surface area contributed by atoms with Crippen molar-refractivity contribution in [2.24, 2.45) is 5.73 Å². The van der Waals surface area contributed by atoms with Gasteiger partial charge in [0.15, 0.2) is 0 Å². The van der Waals surface area contributed by atoms with Crippen LogP contribution in [0.5, 0.6) is 0 Å². The molecule has 1 aromatic heterocycles. The molecule has 2 N–H and O–H groups in total. The van der Waals surface area contributed by atoms with Gasteiger partial charge < -0.3 is 5.73 Å². The Hall–Kier alpha value is -1.13. The third-order valence-electron chi connectivity index (χ3n) is 3.05. The first-order chi connectivity index (χ1) is 9.04. The van der Waals surface area contributed by atoms with Crippen LogP contribution >= 0.6 is 15.9 Å². The number of rotatable bonds is 5. The molecule has 3 nitrogen and oxygen atoms in total. The summed E-state index contributed by atoms with van der Waals surface area (Å²) in [4.78, 5) is 0. The molecule has 0 aliphatic heterocycles. The van der Waals surface area contributed by atoms with Crippen molar-refractivity contribution in [1.29, 1.82) is 0 Å². The number of benzene rings is 1. The molecule has 0 bridgehead atoms. The molecule has 0 aliphatic carbocycles. The molecule has 2 rings (SSSR count). The summed E-state index contributed by atoms with van der Waals surface area (Å²) in [6, 6.07) is 10.9. The highest BCUT2D eigenvalue weighted by Crippen LogP contribution is 2.14. The van der Waals surface area contributed by atoms with Gasteiger partial charge in [0.1, 0.15) is 0 Å². The molecule has 1 aromatic carbocycles. The van der Waals surface area contributed by atoms with Crippen LogP contribution in [-0.2, 0) is 12.8 Å². The molecule has 0 aliphatic rings. The van der Waals surface area contributed by atoms with Crippen molar-refractivity contribution in [3.05, 3.63) is 52.3 Å². The summed E-state index contributed by atoms with van der Waals surface area (Å²) in [7, 11) is 0. The van der Waals surface area contributed by atoms with Crippen molar-refractivity contribution >= 4 is 15.9 Å². The summed E-state index contributed by atoms with van der Waals surface area (Å²) in [5, 5.41) is 4.54. The van der Waals surface area contributed by atoms with E-state index >= 15 is 0 Å². The first kappa shape index (κ1) is 14.3. The largest absolute Gasteiger partial charge is 0.327 e. The van der Waals surface area contributed by atoms with Gasteiger partial charge >= 0.3 is 0 Å². The number of halogens is 1. The maximum Gasteiger partial charge on any atom is 0.0640 e. The number of nitrogens with zero attached hydrogens (tertiary/aromatic N) is 2. The standard InChI is InChI=1S/C15H20BrN3/c1-11(2)19-7-6-15(18-19)10-14(17)9-12-4-3-5-13(16)8-12/h3-8,11,14H,9-10,17H2,1-2H3. The molecule has 0 saturated heterocycles. The number of aromatic nitrogens is 2. The zero-order valence-electron chi connectivity index (χ0n) is 11.4. The van der Waals surface area contributed by atoms with Crippen molar-refractivity contribution in [3.63, 3.8) is 0 Å². The second kappa shape index (κ2) is 6.35. The number of nitrogens with two attached hydrogens (primary N) is 1. The molecule has 4 heteroatoms. The Bertz CT molecular complexity index is 534. The van der Waals surface area contributed by atoms with Crippen LogP contribution in [0.2, 0.25) is 0 Å². The zero-order valence-corrected chi connectivity index (χ0v) is 13.0. The lowest BCUT2D eigenvalue weighted by molar-refractivity contribution is 0.521. The Morgan fingerprint density at radius 2 is 2.05 bits per heavy atom. The third-order valence-corrected chi connectivity index (χ3v) is 3.54. The maximum atomic E-state index is 6.21. The Labute approximate surface area is 122 Å². The van der Waals surface area contributed by atoms with E-state index in [1.54, 1.807) is 0 Å². The van der Waals surface area contributed by atoms with E-state index in [1.807, 2.05) is 23.0 Å². The summed E-state index contributed by atoms with van der Waals surface area (Å²) in [5.74, 6) is 0. The van der Waals surface area contributed by atoms with Crippen molar-refractivity contribution in [1.82, 2.24) is 9.78 Å². The lowest BCUT2D eigenvalue weighted by Crippen LogP contribution is -2.25. The fraction of sp³-hybridized carbons (Fsp3) is 0.400. The Kier molecular flexibility index (Phi) is 4.77. The van der Waals surface area contributed by atoms with Crippen LogP contribution in [0.25, 0.3) is 0 Å². The van der Waals surface area contributed by atoms with E-state index in [0.29, 0.717) is 6.04 Å². The molecule has 0 saturated carbocycles. The topological polar surface area (TPSA) is 43.8 Å². The molecule has 19 heavy (non-hydrogen) atoms. The average Bonchev–Trinajstić information content (AvgIpc) is 2.77. The minimum absolute atomic E-state index is 0.102. The number of hydrogen-bond donors (Lipinski definition) is 1. The van der Waals surface area contributed by atoms with E-state index in [0.717, 1.165) is 23.0 Å². The van der Waals surface area contributed by atoms with Crippen LogP contribution in [0.1, 0.15) is 31.1 Å². The van der Waals surface area contributed by atoms with Crippen molar-refractivity contribution < 1.29 is 0 Å². The fourth-order valence-corrected chi connectivity index (χ4v) is 2.53. The fourth-order valence-electron chi connectivity index (χ4n) is 2.08. The monoisotopic (exact) mass is 321 g/mol. The summed E-state index contributed by atoms with van der Waals surface area (Å²) in [6.07, 6.45) is 3.70. The van der Waals surface area contributed by atoms with Gasteiger partial charge in [0.25, 0.3) is 0 Å². The summed E-state index contributed by atoms with van der Waals surface area (Å²) in [6.45, 7) is 4.25. The minimum Gasteiger partial charge on any atom is -0.327 e. The van der Waals surface area contributed by atoms with E-state index in [2.05, 4.69) is 53.1 Å². The van der Waals surface area contributed by atoms with E-state index in [4.69, 9.17) is 5.73 Å². The van der Waals surface area contributed by atoms with Crippen molar-refractivity contribution in [3.8, 4) is 0 Å². The highest BCUT2D eigenvalue weighted by Gasteiger charge is 2.09. The van der Waals surface area contributed by atoms with E-state index in [1.165, 1.54) is 5.56 Å². The highest BCUT2D eigenvalue weighted by atomic mass is 79.9. The molecule has 102 valence electrons. The predicted molar refractivity (Wildman–Crippen MR) is 82.1 cm³/mol. The highest BCUT2D eigenvalue weighted by molar-refractivity contribution is 9.10. The van der Waals surface area contributed by atoms with E-state index in [-0.39, 0.29) is 6.04 Å². The van der Waals surface area contributed by atoms with Crippen LogP contribution < -0.4 is 5.73 Å². The molecule has 0 spiro atoms. The Balaban J connectivity index is 1.95. The van der Waals surface area contributed by atoms with Gasteiger partial charge in [-0.3, -0.25) is 4.68 Å². The molecule has 1 atom stereocenters. The quantitative estimate of drug-likeness (QED) is 0.917. The number of hydrogen-bond acceptors (Lipinski definition) is 2. The Morgan fingerprint density at radius 3 is 2.68 bits per heavy atom. The predicted octanol–water partition coefficient (Wildman–Crippen LogP) is 3.34. The molecule has 0 radical (unpaired) electrons. The van der Waals surface area contributed by atoms with Gasteiger partial charge in [0.05, 0.1) is 5.69 Å². The third kappa shape index (κ3) is 4.18. The normalized spacial score (nSPS) is 12.9. The average molecular weight is 322 g/mol. The molecular weight excluding hydrogens is 302 g/mol. The smallest absolute Gasteiger partial charge is 0.0640 e. The van der Waals surface area contributed by atoms with Gasteiger partial charge in [-0.1, -0.05) is 28.1 Å². The summed E-state index contributed by atoms with van der Waals surface area (Å²) >= 11 is 3.48. The van der Waals surface area contributed by atoms with Crippen molar-refractivity contribution in [2.75, 3.05) is 0 Å². The van der Waals surface area contributed by atoms with Crippen LogP contribution in [0.15, 0.2) is 41.0 Å². The van der Waals surface area contributed by atoms with Gasteiger partial charge in [0.2, 0.25) is 0 Å². The van der Waals surface area contributed by atoms with Gasteiger partial charge in [-0.05, 0) is 44.0 Å². The van der Waals surface area contributed by atoms with E-state index < -0.39 is 0 Å². The molecule has 1 unspecified atom stereocenters. The maximum absolute atomic E-state index is 6.21. The Morgan fingerprint density at radius 1 is 1.26 bits per heavy atom. The van der Waals surface area contributed by atoms with Gasteiger partial charge in [-0.15, -0.1) is 0 Å². The van der Waals surface area contributed by atoms with Gasteiger partial charge in [-0.2, -0.15) is 5.10 Å². The first-order valence-electron chi connectivity index (χ1n) is 6.58. The van der Waals surface area contributed by atoms with Gasteiger partial charge in [-0.25, -0.2) is 0 Å². The van der Waals surface area contributed by atoms with Crippen LogP contribution in [0, 0.1) is 0 Å². The summed E-state index contributed by atoms with van der Waals surface area (Å²) < 4.78 is 3.07. The van der Waals surface area contributed by atoms with Crippen LogP contribution in [-0.4, -0.2) is 15.8 Å². The molecule has 1 heterocycles. The van der Waals surface area contributed by atoms with Crippen LogP contribution in [0.3, 0.4) is 0 Å². The molecule has 0 amide bonds. The van der Waals surface area contributed by atoms with Gasteiger partial charge in [0, 0.05) is 29.2 Å². The SMILES string of the molecule is CC(C)n1ccc(CC(N)Cc2cccc(Br)c2)n1. The second-order valence-corrected chi connectivity index (χ2v) is 6.09. The molecule has 2 aromatic rings. The zero-order chi connectivity index (χ0) is 13.8. The lowest BCUT2D eigenvalue weighted by atomic mass is 10.0. The lowest BCUT2D eigenvalue weighted by Gasteiger charge is -2.10. The van der Waals surface area contributed by atoms with Crippen molar-refractivity contribution in [2.45, 2.75) is 38.8 Å². The van der Waals surface area contributed by atoms with E-state index in [9.17, 15) is 0 Å². The second-order valence-electron chi connectivity index (χ2n) is 5.18. The minimum atomic E-state index is 0.102. The van der Waals surface area contributed by atoms with Crippen LogP contribution in [0.4, 0.5) is 0 Å².